The van der Waals surface area contributed by atoms with E-state index in [0.717, 1.165) is 6.42 Å². The van der Waals surface area contributed by atoms with Crippen LogP contribution in [0.5, 0.6) is 17.2 Å². The molecular weight excluding hydrogens is 512 g/mol. The van der Waals surface area contributed by atoms with Gasteiger partial charge in [0.1, 0.15) is 12.4 Å². The minimum atomic E-state index is -0.941. The predicted molar refractivity (Wildman–Crippen MR) is 154 cm³/mol. The summed E-state index contributed by atoms with van der Waals surface area (Å²) in [5, 5.41) is 9.11. The Kier molecular flexibility index (Phi) is 11.3. The van der Waals surface area contributed by atoms with E-state index < -0.39 is 11.8 Å². The molecule has 10 nitrogen and oxygen atoms in total. The van der Waals surface area contributed by atoms with Crippen LogP contribution >= 0.6 is 0 Å². The number of carbonyl (C=O) groups excluding carboxylic acids is 3. The number of anilines is 2. The third kappa shape index (κ3) is 9.32. The molecule has 0 spiro atoms. The van der Waals surface area contributed by atoms with Gasteiger partial charge in [-0.25, -0.2) is 5.43 Å². The number of benzene rings is 3. The van der Waals surface area contributed by atoms with Crippen molar-refractivity contribution in [1.29, 1.82) is 0 Å². The molecule has 0 aliphatic rings. The van der Waals surface area contributed by atoms with Gasteiger partial charge in [-0.3, -0.25) is 14.4 Å². The molecule has 3 rings (SSSR count). The second-order valence-corrected chi connectivity index (χ2v) is 8.30. The number of hydrazone groups is 1. The Bertz CT molecular complexity index is 1340. The summed E-state index contributed by atoms with van der Waals surface area (Å²) >= 11 is 0. The van der Waals surface area contributed by atoms with E-state index in [1.54, 1.807) is 48.5 Å². The molecule has 0 bridgehead atoms. The van der Waals surface area contributed by atoms with Crippen LogP contribution in [0.3, 0.4) is 0 Å². The van der Waals surface area contributed by atoms with Crippen LogP contribution in [-0.2, 0) is 20.8 Å². The Balaban J connectivity index is 1.51. The van der Waals surface area contributed by atoms with Crippen LogP contribution in [0.2, 0.25) is 0 Å². The number of nitrogens with one attached hydrogen (secondary N) is 3. The highest BCUT2D eigenvalue weighted by Gasteiger charge is 2.13. The summed E-state index contributed by atoms with van der Waals surface area (Å²) in [5.74, 6) is -0.749. The predicted octanol–water partition coefficient (Wildman–Crippen LogP) is 4.32. The number of amides is 3. The highest BCUT2D eigenvalue weighted by molar-refractivity contribution is 6.39. The van der Waals surface area contributed by atoms with Crippen LogP contribution in [0.15, 0.2) is 84.5 Å². The third-order valence-corrected chi connectivity index (χ3v) is 5.34. The van der Waals surface area contributed by atoms with E-state index >= 15 is 0 Å². The summed E-state index contributed by atoms with van der Waals surface area (Å²) in [5.41, 5.74) is 5.05. The molecule has 0 aliphatic heterocycles. The highest BCUT2D eigenvalue weighted by atomic mass is 16.5. The molecule has 0 saturated carbocycles. The number of hydrogen-bond donors (Lipinski definition) is 3. The molecule has 0 unspecified atom stereocenters. The normalized spacial score (nSPS) is 10.4. The molecule has 0 aromatic heterocycles. The lowest BCUT2D eigenvalue weighted by atomic mass is 10.1. The Morgan fingerprint density at radius 3 is 2.20 bits per heavy atom. The lowest BCUT2D eigenvalue weighted by Gasteiger charge is -2.13. The Morgan fingerprint density at radius 2 is 1.52 bits per heavy atom. The maximum atomic E-state index is 12.3. The lowest BCUT2D eigenvalue weighted by molar-refractivity contribution is -0.136. The number of rotatable bonds is 13. The summed E-state index contributed by atoms with van der Waals surface area (Å²) in [4.78, 5) is 36.6. The molecule has 0 aliphatic carbocycles. The summed E-state index contributed by atoms with van der Waals surface area (Å²) in [6.45, 7) is 7.98. The van der Waals surface area contributed by atoms with E-state index in [2.05, 4.69) is 34.7 Å². The van der Waals surface area contributed by atoms with Gasteiger partial charge in [0.25, 0.3) is 5.91 Å². The van der Waals surface area contributed by atoms with E-state index in [1.807, 2.05) is 31.2 Å². The van der Waals surface area contributed by atoms with Crippen molar-refractivity contribution in [3.63, 3.8) is 0 Å². The molecule has 0 radical (unpaired) electrons. The minimum absolute atomic E-state index is 0.210. The molecule has 3 aromatic rings. The minimum Gasteiger partial charge on any atom is -0.490 e. The molecule has 0 saturated heterocycles. The van der Waals surface area contributed by atoms with Crippen molar-refractivity contribution in [2.24, 2.45) is 5.10 Å². The van der Waals surface area contributed by atoms with Gasteiger partial charge >= 0.3 is 11.8 Å². The molecular formula is C30H32N4O6. The fourth-order valence-electron chi connectivity index (χ4n) is 3.35. The van der Waals surface area contributed by atoms with Gasteiger partial charge in [-0.05, 0) is 79.1 Å². The average molecular weight is 545 g/mol. The van der Waals surface area contributed by atoms with Crippen molar-refractivity contribution >= 4 is 35.3 Å². The van der Waals surface area contributed by atoms with Crippen molar-refractivity contribution in [2.45, 2.75) is 20.3 Å². The van der Waals surface area contributed by atoms with Crippen LogP contribution < -0.4 is 30.3 Å². The second kappa shape index (κ2) is 15.3. The van der Waals surface area contributed by atoms with E-state index in [0.29, 0.717) is 47.4 Å². The van der Waals surface area contributed by atoms with E-state index in [4.69, 9.17) is 14.2 Å². The largest absolute Gasteiger partial charge is 0.490 e. The van der Waals surface area contributed by atoms with Crippen LogP contribution in [0.25, 0.3) is 0 Å². The molecule has 0 heterocycles. The first-order chi connectivity index (χ1) is 19.4. The van der Waals surface area contributed by atoms with Crippen molar-refractivity contribution in [1.82, 2.24) is 5.43 Å². The molecule has 3 amide bonds. The SMILES string of the molecule is C=CCOc1ccc(NC(=O)C(=O)N/N=C\c2ccc(OCC(=O)Nc3ccc(CC)cc3)c(OCC)c2)cc1. The molecule has 208 valence electrons. The lowest BCUT2D eigenvalue weighted by Crippen LogP contribution is -2.32. The summed E-state index contributed by atoms with van der Waals surface area (Å²) < 4.78 is 16.7. The van der Waals surface area contributed by atoms with E-state index in [9.17, 15) is 14.4 Å². The quantitative estimate of drug-likeness (QED) is 0.127. The van der Waals surface area contributed by atoms with Gasteiger partial charge < -0.3 is 24.8 Å². The topological polar surface area (TPSA) is 127 Å². The van der Waals surface area contributed by atoms with Gasteiger partial charge in [0.2, 0.25) is 0 Å². The van der Waals surface area contributed by atoms with Crippen LogP contribution in [0.4, 0.5) is 11.4 Å². The Labute approximate surface area is 233 Å². The van der Waals surface area contributed by atoms with Crippen LogP contribution in [0.1, 0.15) is 25.0 Å². The molecule has 10 heteroatoms. The Hall–Kier alpha value is -5.12. The zero-order valence-electron chi connectivity index (χ0n) is 22.4. The summed E-state index contributed by atoms with van der Waals surface area (Å²) in [7, 11) is 0. The van der Waals surface area contributed by atoms with Gasteiger partial charge in [0, 0.05) is 11.4 Å². The monoisotopic (exact) mass is 544 g/mol. The molecule has 40 heavy (non-hydrogen) atoms. The fraction of sp³-hybridized carbons (Fsp3) is 0.200. The standard InChI is InChI=1S/C30H32N4O6/c1-4-17-39-25-14-12-24(13-15-25)33-29(36)30(37)34-31-19-22-9-16-26(27(18-22)38-6-3)40-20-28(35)32-23-10-7-21(5-2)8-11-23/h4,7-16,18-19H,1,5-6,17,20H2,2-3H3,(H,32,35)(H,33,36)(H,34,37)/b31-19-. The van der Waals surface area contributed by atoms with Gasteiger partial charge in [0.05, 0.1) is 12.8 Å². The first-order valence-electron chi connectivity index (χ1n) is 12.7. The molecule has 0 atom stereocenters. The first-order valence-corrected chi connectivity index (χ1v) is 12.7. The fourth-order valence-corrected chi connectivity index (χ4v) is 3.35. The van der Waals surface area contributed by atoms with Gasteiger partial charge in [0.15, 0.2) is 18.1 Å². The molecule has 0 fully saturated rings. The highest BCUT2D eigenvalue weighted by Crippen LogP contribution is 2.28. The number of carbonyl (C=O) groups is 3. The number of aryl methyl sites for hydroxylation is 1. The van der Waals surface area contributed by atoms with E-state index in [1.165, 1.54) is 11.8 Å². The number of nitrogens with zero attached hydrogens (tertiary/aromatic N) is 1. The maximum Gasteiger partial charge on any atom is 0.329 e. The van der Waals surface area contributed by atoms with Crippen molar-refractivity contribution in [2.75, 3.05) is 30.5 Å². The van der Waals surface area contributed by atoms with Crippen molar-refractivity contribution in [3.05, 3.63) is 90.5 Å². The summed E-state index contributed by atoms with van der Waals surface area (Å²) in [6, 6.07) is 19.1. The molecule has 3 N–H and O–H groups in total. The number of hydrogen-bond acceptors (Lipinski definition) is 7. The zero-order chi connectivity index (χ0) is 28.7. The average Bonchev–Trinajstić information content (AvgIpc) is 2.97. The van der Waals surface area contributed by atoms with Gasteiger partial charge in [-0.1, -0.05) is 31.7 Å². The van der Waals surface area contributed by atoms with Crippen molar-refractivity contribution in [3.8, 4) is 17.2 Å². The zero-order valence-corrected chi connectivity index (χ0v) is 22.4. The third-order valence-electron chi connectivity index (χ3n) is 5.34. The van der Waals surface area contributed by atoms with Crippen LogP contribution in [0, 0.1) is 0 Å². The second-order valence-electron chi connectivity index (χ2n) is 8.30. The smallest absolute Gasteiger partial charge is 0.329 e. The van der Waals surface area contributed by atoms with Crippen molar-refractivity contribution < 1.29 is 28.6 Å². The summed E-state index contributed by atoms with van der Waals surface area (Å²) in [6.07, 6.45) is 3.90. The maximum absolute atomic E-state index is 12.3. The first kappa shape index (κ1) is 29.4. The molecule has 3 aromatic carbocycles. The van der Waals surface area contributed by atoms with Crippen LogP contribution in [-0.4, -0.2) is 43.8 Å². The Morgan fingerprint density at radius 1 is 0.825 bits per heavy atom. The van der Waals surface area contributed by atoms with E-state index in [-0.39, 0.29) is 12.5 Å². The number of ether oxygens (including phenoxy) is 3. The van der Waals surface area contributed by atoms with Gasteiger partial charge in [-0.15, -0.1) is 0 Å². The van der Waals surface area contributed by atoms with Gasteiger partial charge in [-0.2, -0.15) is 5.10 Å².